The summed E-state index contributed by atoms with van der Waals surface area (Å²) < 4.78 is 0. The van der Waals surface area contributed by atoms with Gasteiger partial charge >= 0.3 is 0 Å². The van der Waals surface area contributed by atoms with E-state index in [1.54, 1.807) is 11.3 Å². The smallest absolute Gasteiger partial charge is 0.220 e. The van der Waals surface area contributed by atoms with Gasteiger partial charge in [-0.2, -0.15) is 11.3 Å². The molecule has 1 aromatic heterocycles. The molecule has 2 rings (SSSR count). The Morgan fingerprint density at radius 3 is 2.89 bits per heavy atom. The Kier molecular flexibility index (Phi) is 7.42. The number of rotatable bonds is 5. The summed E-state index contributed by atoms with van der Waals surface area (Å²) in [4.78, 5) is 11.8. The molecule has 19 heavy (non-hydrogen) atoms. The molecule has 1 aromatic rings. The van der Waals surface area contributed by atoms with E-state index in [-0.39, 0.29) is 24.4 Å². The summed E-state index contributed by atoms with van der Waals surface area (Å²) >= 11 is 1.70. The molecule has 0 aromatic carbocycles. The van der Waals surface area contributed by atoms with Crippen LogP contribution in [0.2, 0.25) is 0 Å². The van der Waals surface area contributed by atoms with Crippen LogP contribution in [0.1, 0.15) is 37.7 Å². The maximum atomic E-state index is 11.8. The van der Waals surface area contributed by atoms with Gasteiger partial charge in [0, 0.05) is 19.0 Å². The highest BCUT2D eigenvalue weighted by atomic mass is 35.5. The summed E-state index contributed by atoms with van der Waals surface area (Å²) in [7, 11) is 0. The van der Waals surface area contributed by atoms with Crippen molar-refractivity contribution in [2.24, 2.45) is 11.7 Å². The summed E-state index contributed by atoms with van der Waals surface area (Å²) in [5.41, 5.74) is 7.36. The van der Waals surface area contributed by atoms with Gasteiger partial charge in [-0.15, -0.1) is 12.4 Å². The molecule has 1 fully saturated rings. The second-order valence-corrected chi connectivity index (χ2v) is 5.92. The molecule has 1 saturated carbocycles. The fourth-order valence-electron chi connectivity index (χ4n) is 2.58. The molecular weight excluding hydrogens is 280 g/mol. The molecule has 1 aliphatic carbocycles. The minimum atomic E-state index is 0. The Morgan fingerprint density at radius 1 is 1.42 bits per heavy atom. The van der Waals surface area contributed by atoms with E-state index in [0.717, 1.165) is 25.8 Å². The van der Waals surface area contributed by atoms with E-state index < -0.39 is 0 Å². The molecule has 3 nitrogen and oxygen atoms in total. The lowest BCUT2D eigenvalue weighted by Crippen LogP contribution is -2.37. The number of nitrogens with two attached hydrogens (primary N) is 1. The Balaban J connectivity index is 0.00000180. The van der Waals surface area contributed by atoms with Crippen molar-refractivity contribution in [2.75, 3.05) is 6.54 Å². The van der Waals surface area contributed by atoms with Gasteiger partial charge in [0.1, 0.15) is 0 Å². The molecule has 3 N–H and O–H groups in total. The Morgan fingerprint density at radius 2 is 2.21 bits per heavy atom. The van der Waals surface area contributed by atoms with Crippen molar-refractivity contribution in [1.29, 1.82) is 0 Å². The molecule has 2 unspecified atom stereocenters. The van der Waals surface area contributed by atoms with Crippen molar-refractivity contribution in [1.82, 2.24) is 5.32 Å². The minimum Gasteiger partial charge on any atom is -0.356 e. The van der Waals surface area contributed by atoms with Crippen molar-refractivity contribution < 1.29 is 4.79 Å². The normalized spacial score (nSPS) is 22.6. The first kappa shape index (κ1) is 16.5. The van der Waals surface area contributed by atoms with Crippen molar-refractivity contribution >= 4 is 29.7 Å². The van der Waals surface area contributed by atoms with Gasteiger partial charge in [-0.3, -0.25) is 4.79 Å². The molecule has 2 atom stereocenters. The van der Waals surface area contributed by atoms with E-state index in [2.05, 4.69) is 22.1 Å². The molecule has 0 spiro atoms. The van der Waals surface area contributed by atoms with Crippen LogP contribution in [0.25, 0.3) is 0 Å². The summed E-state index contributed by atoms with van der Waals surface area (Å²) in [5.74, 6) is 0.549. The second-order valence-electron chi connectivity index (χ2n) is 5.14. The fraction of sp³-hybridized carbons (Fsp3) is 0.643. The predicted octanol–water partition coefficient (Wildman–Crippen LogP) is 2.74. The van der Waals surface area contributed by atoms with Gasteiger partial charge in [-0.25, -0.2) is 0 Å². The molecule has 1 aliphatic rings. The van der Waals surface area contributed by atoms with Gasteiger partial charge in [-0.1, -0.05) is 12.8 Å². The zero-order valence-electron chi connectivity index (χ0n) is 11.1. The van der Waals surface area contributed by atoms with Crippen LogP contribution in [0.3, 0.4) is 0 Å². The van der Waals surface area contributed by atoms with Crippen molar-refractivity contribution in [3.05, 3.63) is 22.4 Å². The number of carbonyl (C=O) groups excluding carboxylic acids is 1. The van der Waals surface area contributed by atoms with E-state index in [1.165, 1.54) is 18.4 Å². The van der Waals surface area contributed by atoms with Gasteiger partial charge in [0.25, 0.3) is 0 Å². The number of halogens is 1. The lowest BCUT2D eigenvalue weighted by molar-refractivity contribution is -0.122. The predicted molar refractivity (Wildman–Crippen MR) is 82.8 cm³/mol. The number of carbonyl (C=O) groups is 1. The quantitative estimate of drug-likeness (QED) is 0.879. The van der Waals surface area contributed by atoms with Gasteiger partial charge in [0.05, 0.1) is 0 Å². The molecule has 1 amide bonds. The fourth-order valence-corrected chi connectivity index (χ4v) is 3.28. The zero-order chi connectivity index (χ0) is 12.8. The summed E-state index contributed by atoms with van der Waals surface area (Å²) in [6.45, 7) is 0.734. The number of hydrogen-bond donors (Lipinski definition) is 2. The van der Waals surface area contributed by atoms with Crippen molar-refractivity contribution in [3.8, 4) is 0 Å². The highest BCUT2D eigenvalue weighted by molar-refractivity contribution is 7.07. The maximum absolute atomic E-state index is 11.8. The van der Waals surface area contributed by atoms with Crippen LogP contribution < -0.4 is 11.1 Å². The lowest BCUT2D eigenvalue weighted by atomic mass is 9.83. The first-order valence-corrected chi connectivity index (χ1v) is 7.73. The summed E-state index contributed by atoms with van der Waals surface area (Å²) in [6.07, 6.45) is 6.15. The van der Waals surface area contributed by atoms with E-state index in [9.17, 15) is 4.79 Å². The molecular formula is C14H23ClN2OS. The molecule has 0 saturated heterocycles. The lowest BCUT2D eigenvalue weighted by Gasteiger charge is -2.27. The average molecular weight is 303 g/mol. The molecule has 0 bridgehead atoms. The van der Waals surface area contributed by atoms with Crippen LogP contribution in [0.4, 0.5) is 0 Å². The van der Waals surface area contributed by atoms with Crippen LogP contribution in [0.5, 0.6) is 0 Å². The standard InChI is InChI=1S/C14H22N2OS.ClH/c15-13-4-2-1-3-12(13)9-14(17)16-7-5-11-6-8-18-10-11;/h6,8,10,12-13H,1-5,7,9,15H2,(H,16,17);1H. The van der Waals surface area contributed by atoms with Gasteiger partial charge < -0.3 is 11.1 Å². The third-order valence-electron chi connectivity index (χ3n) is 3.73. The average Bonchev–Trinajstić information content (AvgIpc) is 2.85. The number of nitrogens with one attached hydrogen (secondary N) is 1. The Labute approximate surface area is 125 Å². The van der Waals surface area contributed by atoms with Crippen molar-refractivity contribution in [3.63, 3.8) is 0 Å². The SMILES string of the molecule is Cl.NC1CCCCC1CC(=O)NCCc1ccsc1. The highest BCUT2D eigenvalue weighted by Crippen LogP contribution is 2.25. The summed E-state index contributed by atoms with van der Waals surface area (Å²) in [6, 6.07) is 2.33. The number of thiophene rings is 1. The van der Waals surface area contributed by atoms with Crippen LogP contribution in [0, 0.1) is 5.92 Å². The zero-order valence-corrected chi connectivity index (χ0v) is 12.8. The second kappa shape index (κ2) is 8.56. The Hall–Kier alpha value is -0.580. The molecule has 108 valence electrons. The molecule has 0 aliphatic heterocycles. The summed E-state index contributed by atoms with van der Waals surface area (Å²) in [5, 5.41) is 7.19. The highest BCUT2D eigenvalue weighted by Gasteiger charge is 2.23. The minimum absolute atomic E-state index is 0. The van der Waals surface area contributed by atoms with Crippen LogP contribution in [-0.2, 0) is 11.2 Å². The van der Waals surface area contributed by atoms with Crippen LogP contribution in [0.15, 0.2) is 16.8 Å². The van der Waals surface area contributed by atoms with Gasteiger partial charge in [0.2, 0.25) is 5.91 Å². The molecule has 5 heteroatoms. The maximum Gasteiger partial charge on any atom is 0.220 e. The van der Waals surface area contributed by atoms with Crippen molar-refractivity contribution in [2.45, 2.75) is 44.6 Å². The van der Waals surface area contributed by atoms with Crippen LogP contribution in [-0.4, -0.2) is 18.5 Å². The van der Waals surface area contributed by atoms with Gasteiger partial charge in [-0.05, 0) is 47.6 Å². The number of amides is 1. The van der Waals surface area contributed by atoms with E-state index in [4.69, 9.17) is 5.73 Å². The monoisotopic (exact) mass is 302 g/mol. The van der Waals surface area contributed by atoms with Gasteiger partial charge in [0.15, 0.2) is 0 Å². The first-order chi connectivity index (χ1) is 8.75. The van der Waals surface area contributed by atoms with E-state index in [0.29, 0.717) is 12.3 Å². The largest absolute Gasteiger partial charge is 0.356 e. The third-order valence-corrected chi connectivity index (χ3v) is 4.46. The first-order valence-electron chi connectivity index (χ1n) is 6.79. The number of hydrogen-bond acceptors (Lipinski definition) is 3. The molecule has 0 radical (unpaired) electrons. The Bertz CT molecular complexity index is 370. The molecule has 1 heterocycles. The third kappa shape index (κ3) is 5.51. The van der Waals surface area contributed by atoms with E-state index >= 15 is 0 Å². The van der Waals surface area contributed by atoms with Crippen LogP contribution >= 0.6 is 23.7 Å². The van der Waals surface area contributed by atoms with E-state index in [1.807, 2.05) is 0 Å². The topological polar surface area (TPSA) is 55.1 Å².